The molecule has 1 saturated heterocycles. The number of nitrogens with zero attached hydrogens (tertiary/aromatic N) is 1. The van der Waals surface area contributed by atoms with E-state index in [4.69, 9.17) is 0 Å². The average molecular weight is 332 g/mol. The van der Waals surface area contributed by atoms with Gasteiger partial charge in [-0.2, -0.15) is 0 Å². The summed E-state index contributed by atoms with van der Waals surface area (Å²) in [6, 6.07) is -0.530. The van der Waals surface area contributed by atoms with E-state index in [-0.39, 0.29) is 35.6 Å². The number of hydrogen-bond acceptors (Lipinski definition) is 3. The first-order valence-electron chi connectivity index (χ1n) is 9.42. The van der Waals surface area contributed by atoms with E-state index in [0.29, 0.717) is 12.8 Å². The lowest BCUT2D eigenvalue weighted by atomic mass is 9.85. The summed E-state index contributed by atoms with van der Waals surface area (Å²) < 4.78 is 0. The Morgan fingerprint density at radius 3 is 2.04 bits per heavy atom. The number of rotatable bonds is 3. The van der Waals surface area contributed by atoms with Crippen molar-refractivity contribution >= 4 is 17.7 Å². The molecule has 3 aliphatic rings. The highest BCUT2D eigenvalue weighted by atomic mass is 16.2. The number of fused-ring (bicyclic) bond motifs is 1. The van der Waals surface area contributed by atoms with Gasteiger partial charge >= 0.3 is 0 Å². The van der Waals surface area contributed by atoms with Gasteiger partial charge in [-0.3, -0.25) is 19.3 Å². The minimum absolute atomic E-state index is 0.172. The third kappa shape index (κ3) is 3.40. The third-order valence-corrected chi connectivity index (χ3v) is 5.76. The highest BCUT2D eigenvalue weighted by Crippen LogP contribution is 2.36. The molecule has 1 saturated carbocycles. The molecule has 0 unspecified atom stereocenters. The van der Waals surface area contributed by atoms with Crippen LogP contribution in [0.15, 0.2) is 12.2 Å². The van der Waals surface area contributed by atoms with Crippen LogP contribution in [0.3, 0.4) is 0 Å². The molecule has 2 aliphatic carbocycles. The molecule has 2 fully saturated rings. The van der Waals surface area contributed by atoms with E-state index in [1.807, 2.05) is 12.2 Å². The maximum atomic E-state index is 12.6. The van der Waals surface area contributed by atoms with Crippen LogP contribution >= 0.6 is 0 Å². The fourth-order valence-electron chi connectivity index (χ4n) is 4.25. The zero-order chi connectivity index (χ0) is 17.1. The first-order valence-corrected chi connectivity index (χ1v) is 9.42. The second-order valence-corrected chi connectivity index (χ2v) is 7.43. The molecule has 1 N–H and O–H groups in total. The van der Waals surface area contributed by atoms with Gasteiger partial charge in [0.15, 0.2) is 0 Å². The van der Waals surface area contributed by atoms with Gasteiger partial charge in [-0.15, -0.1) is 0 Å². The van der Waals surface area contributed by atoms with Gasteiger partial charge in [0.25, 0.3) is 0 Å². The topological polar surface area (TPSA) is 66.5 Å². The summed E-state index contributed by atoms with van der Waals surface area (Å²) in [7, 11) is 0. The number of allylic oxidation sites excluding steroid dienone is 2. The number of imide groups is 1. The van der Waals surface area contributed by atoms with Crippen molar-refractivity contribution in [3.05, 3.63) is 12.2 Å². The largest absolute Gasteiger partial charge is 0.352 e. The molecule has 5 nitrogen and oxygen atoms in total. The second-order valence-electron chi connectivity index (χ2n) is 7.43. The Morgan fingerprint density at radius 1 is 1.00 bits per heavy atom. The monoisotopic (exact) mass is 332 g/mol. The van der Waals surface area contributed by atoms with E-state index in [9.17, 15) is 14.4 Å². The quantitative estimate of drug-likeness (QED) is 0.638. The Morgan fingerprint density at radius 2 is 1.50 bits per heavy atom. The van der Waals surface area contributed by atoms with Crippen molar-refractivity contribution in [3.63, 3.8) is 0 Å². The van der Waals surface area contributed by atoms with Crippen LogP contribution in [0.1, 0.15) is 64.7 Å². The molecular weight excluding hydrogens is 304 g/mol. The van der Waals surface area contributed by atoms with Gasteiger partial charge in [-0.1, -0.05) is 44.3 Å². The van der Waals surface area contributed by atoms with Crippen LogP contribution in [0.5, 0.6) is 0 Å². The molecule has 0 bridgehead atoms. The maximum absolute atomic E-state index is 12.6. The molecule has 0 radical (unpaired) electrons. The van der Waals surface area contributed by atoms with Gasteiger partial charge in [0.05, 0.1) is 11.8 Å². The third-order valence-electron chi connectivity index (χ3n) is 5.76. The van der Waals surface area contributed by atoms with E-state index < -0.39 is 6.04 Å². The van der Waals surface area contributed by atoms with Gasteiger partial charge in [0, 0.05) is 6.04 Å². The van der Waals surface area contributed by atoms with Crippen molar-refractivity contribution in [2.24, 2.45) is 11.8 Å². The second kappa shape index (κ2) is 7.49. The number of carbonyl (C=O) groups is 3. The summed E-state index contributed by atoms with van der Waals surface area (Å²) in [5, 5.41) is 3.09. The van der Waals surface area contributed by atoms with Crippen LogP contribution in [0.4, 0.5) is 0 Å². The molecule has 0 aromatic heterocycles. The molecule has 3 atom stereocenters. The molecular formula is C19H28N2O3. The zero-order valence-corrected chi connectivity index (χ0v) is 14.5. The molecule has 0 aromatic carbocycles. The lowest BCUT2D eigenvalue weighted by molar-refractivity contribution is -0.147. The van der Waals surface area contributed by atoms with Crippen molar-refractivity contribution in [2.45, 2.75) is 76.8 Å². The molecule has 132 valence electrons. The van der Waals surface area contributed by atoms with Gasteiger partial charge in [-0.05, 0) is 32.6 Å². The van der Waals surface area contributed by atoms with Crippen molar-refractivity contribution in [1.29, 1.82) is 0 Å². The van der Waals surface area contributed by atoms with E-state index in [1.165, 1.54) is 24.2 Å². The molecule has 1 heterocycles. The Hall–Kier alpha value is -1.65. The molecule has 0 spiro atoms. The summed E-state index contributed by atoms with van der Waals surface area (Å²) >= 11 is 0. The Kier molecular flexibility index (Phi) is 5.36. The molecule has 3 rings (SSSR count). The molecule has 0 aromatic rings. The molecule has 1 aliphatic heterocycles. The molecule has 24 heavy (non-hydrogen) atoms. The van der Waals surface area contributed by atoms with Crippen LogP contribution in [0.25, 0.3) is 0 Å². The van der Waals surface area contributed by atoms with E-state index in [1.54, 1.807) is 6.92 Å². The summed E-state index contributed by atoms with van der Waals surface area (Å²) in [6.07, 6.45) is 13.2. The predicted octanol–water partition coefficient (Wildman–Crippen LogP) is 2.56. The lowest BCUT2D eigenvalue weighted by Gasteiger charge is -2.26. The summed E-state index contributed by atoms with van der Waals surface area (Å²) in [6.45, 7) is 1.68. The Labute approximate surface area is 143 Å². The molecule has 3 amide bonds. The number of carbonyl (C=O) groups excluding carboxylic acids is 3. The van der Waals surface area contributed by atoms with Gasteiger partial charge in [0.1, 0.15) is 6.04 Å². The number of nitrogens with one attached hydrogen (secondary N) is 1. The summed E-state index contributed by atoms with van der Waals surface area (Å²) in [5.74, 6) is -1.06. The van der Waals surface area contributed by atoms with Crippen molar-refractivity contribution in [1.82, 2.24) is 10.2 Å². The van der Waals surface area contributed by atoms with Crippen molar-refractivity contribution < 1.29 is 14.4 Å². The van der Waals surface area contributed by atoms with Crippen molar-refractivity contribution in [3.8, 4) is 0 Å². The average Bonchev–Trinajstić information content (AvgIpc) is 2.81. The van der Waals surface area contributed by atoms with Gasteiger partial charge < -0.3 is 5.32 Å². The fraction of sp³-hybridized carbons (Fsp3) is 0.737. The number of likely N-dealkylation sites (tertiary alicyclic amines) is 1. The Bertz CT molecular complexity index is 509. The Balaban J connectivity index is 1.62. The van der Waals surface area contributed by atoms with Crippen molar-refractivity contribution in [2.75, 3.05) is 0 Å². The number of hydrogen-bond donors (Lipinski definition) is 1. The fourth-order valence-corrected chi connectivity index (χ4v) is 4.25. The predicted molar refractivity (Wildman–Crippen MR) is 90.9 cm³/mol. The highest BCUT2D eigenvalue weighted by molar-refractivity contribution is 6.08. The van der Waals surface area contributed by atoms with Crippen LogP contribution in [-0.2, 0) is 14.4 Å². The minimum Gasteiger partial charge on any atom is -0.352 e. The summed E-state index contributed by atoms with van der Waals surface area (Å²) in [5.41, 5.74) is 0. The highest BCUT2D eigenvalue weighted by Gasteiger charge is 2.50. The zero-order valence-electron chi connectivity index (χ0n) is 14.5. The first-order chi connectivity index (χ1) is 11.6. The van der Waals surface area contributed by atoms with Crippen LogP contribution in [0.2, 0.25) is 0 Å². The SMILES string of the molecule is C[C@@H](C(=O)NC1CCCCCCC1)N1C(=O)[C@H]2CC=CC[C@H]2C1=O. The maximum Gasteiger partial charge on any atom is 0.243 e. The van der Waals surface area contributed by atoms with Gasteiger partial charge in [-0.25, -0.2) is 0 Å². The number of amides is 3. The van der Waals surface area contributed by atoms with E-state index in [0.717, 1.165) is 25.7 Å². The standard InChI is InChI=1S/C19H28N2O3/c1-13(17(22)20-14-9-5-3-2-4-6-10-14)21-18(23)15-11-7-8-12-16(15)19(21)24/h7-8,13-16H,2-6,9-12H2,1H3,(H,20,22)/t13-,15-,16+/m0/s1. The smallest absolute Gasteiger partial charge is 0.243 e. The van der Waals surface area contributed by atoms with Gasteiger partial charge in [0.2, 0.25) is 17.7 Å². The minimum atomic E-state index is -0.707. The molecule has 5 heteroatoms. The van der Waals surface area contributed by atoms with Crippen LogP contribution in [-0.4, -0.2) is 34.7 Å². The van der Waals surface area contributed by atoms with Crippen LogP contribution in [0, 0.1) is 11.8 Å². The van der Waals surface area contributed by atoms with Crippen LogP contribution < -0.4 is 5.32 Å². The first kappa shape index (κ1) is 17.2. The normalized spacial score (nSPS) is 29.8. The lowest BCUT2D eigenvalue weighted by Crippen LogP contribution is -2.50. The summed E-state index contributed by atoms with van der Waals surface area (Å²) in [4.78, 5) is 39.0. The van der Waals surface area contributed by atoms with E-state index >= 15 is 0 Å². The van der Waals surface area contributed by atoms with E-state index in [2.05, 4.69) is 5.32 Å².